The predicted molar refractivity (Wildman–Crippen MR) is 57.8 cm³/mol. The molecule has 0 aliphatic rings. The van der Waals surface area contributed by atoms with Gasteiger partial charge in [-0.05, 0) is 12.1 Å². The number of hydrogen-bond acceptors (Lipinski definition) is 4. The van der Waals surface area contributed by atoms with Gasteiger partial charge in [0, 0.05) is 12.1 Å². The Morgan fingerprint density at radius 1 is 1.50 bits per heavy atom. The summed E-state index contributed by atoms with van der Waals surface area (Å²) in [6.07, 6.45) is 0. The Kier molecular flexibility index (Phi) is 3.74. The second-order valence-corrected chi connectivity index (χ2v) is 5.25. The second kappa shape index (κ2) is 4.54. The van der Waals surface area contributed by atoms with Crippen molar-refractivity contribution in [3.63, 3.8) is 0 Å². The Labute approximate surface area is 97.6 Å². The SMILES string of the molecule is CON(C)S(=O)(=O)c1cc(Cl)cc(N)c1F. The van der Waals surface area contributed by atoms with Crippen LogP contribution in [0.15, 0.2) is 17.0 Å². The summed E-state index contributed by atoms with van der Waals surface area (Å²) in [4.78, 5) is 3.88. The van der Waals surface area contributed by atoms with E-state index in [0.717, 1.165) is 26.3 Å². The summed E-state index contributed by atoms with van der Waals surface area (Å²) in [5.41, 5.74) is 4.94. The molecule has 1 aromatic carbocycles. The van der Waals surface area contributed by atoms with Crippen LogP contribution in [0.2, 0.25) is 5.02 Å². The maximum Gasteiger partial charge on any atom is 0.267 e. The molecular weight excluding hydrogens is 259 g/mol. The van der Waals surface area contributed by atoms with E-state index in [4.69, 9.17) is 17.3 Å². The van der Waals surface area contributed by atoms with Crippen LogP contribution in [-0.2, 0) is 14.9 Å². The van der Waals surface area contributed by atoms with E-state index in [2.05, 4.69) is 4.84 Å². The van der Waals surface area contributed by atoms with Gasteiger partial charge in [-0.1, -0.05) is 16.1 Å². The van der Waals surface area contributed by atoms with Crippen LogP contribution in [0.25, 0.3) is 0 Å². The van der Waals surface area contributed by atoms with E-state index in [1.54, 1.807) is 0 Å². The summed E-state index contributed by atoms with van der Waals surface area (Å²) < 4.78 is 37.5. The monoisotopic (exact) mass is 268 g/mol. The molecule has 16 heavy (non-hydrogen) atoms. The Bertz CT molecular complexity index is 506. The number of sulfonamides is 1. The third-order valence-electron chi connectivity index (χ3n) is 1.91. The van der Waals surface area contributed by atoms with Crippen molar-refractivity contribution in [3.8, 4) is 0 Å². The fourth-order valence-corrected chi connectivity index (χ4v) is 2.39. The van der Waals surface area contributed by atoms with Crippen LogP contribution in [-0.4, -0.2) is 27.0 Å². The smallest absolute Gasteiger partial charge is 0.267 e. The minimum Gasteiger partial charge on any atom is -0.396 e. The fourth-order valence-electron chi connectivity index (χ4n) is 1.01. The number of halogens is 2. The van der Waals surface area contributed by atoms with Crippen LogP contribution >= 0.6 is 11.6 Å². The van der Waals surface area contributed by atoms with Gasteiger partial charge in [-0.15, -0.1) is 0 Å². The van der Waals surface area contributed by atoms with Crippen molar-refractivity contribution in [3.05, 3.63) is 23.0 Å². The van der Waals surface area contributed by atoms with Crippen molar-refractivity contribution in [2.45, 2.75) is 4.90 Å². The number of nitrogens with two attached hydrogens (primary N) is 1. The highest BCUT2D eigenvalue weighted by molar-refractivity contribution is 7.89. The maximum absolute atomic E-state index is 13.5. The maximum atomic E-state index is 13.5. The molecule has 0 amide bonds. The number of hydrogen-bond donors (Lipinski definition) is 1. The molecule has 8 heteroatoms. The minimum atomic E-state index is -4.09. The van der Waals surface area contributed by atoms with Crippen molar-refractivity contribution >= 4 is 27.3 Å². The number of benzene rings is 1. The first kappa shape index (κ1) is 13.2. The summed E-state index contributed by atoms with van der Waals surface area (Å²) in [7, 11) is -1.82. The number of hydroxylamine groups is 1. The van der Waals surface area contributed by atoms with Crippen LogP contribution in [0.3, 0.4) is 0 Å². The standard InChI is InChI=1S/C8H10ClFN2O3S/c1-12(15-2)16(13,14)7-4-5(9)3-6(11)8(7)10/h3-4H,11H2,1-2H3. The van der Waals surface area contributed by atoms with Gasteiger partial charge in [0.2, 0.25) is 0 Å². The molecule has 0 saturated heterocycles. The summed E-state index contributed by atoms with van der Waals surface area (Å²) >= 11 is 5.61. The molecule has 0 radical (unpaired) electrons. The molecule has 5 nitrogen and oxygen atoms in total. The molecule has 0 bridgehead atoms. The van der Waals surface area contributed by atoms with E-state index in [9.17, 15) is 12.8 Å². The molecule has 90 valence electrons. The van der Waals surface area contributed by atoms with E-state index in [-0.39, 0.29) is 10.7 Å². The van der Waals surface area contributed by atoms with Gasteiger partial charge < -0.3 is 5.73 Å². The van der Waals surface area contributed by atoms with Crippen LogP contribution in [0.1, 0.15) is 0 Å². The van der Waals surface area contributed by atoms with E-state index in [1.807, 2.05) is 0 Å². The van der Waals surface area contributed by atoms with Crippen molar-refractivity contribution < 1.29 is 17.6 Å². The normalized spacial score (nSPS) is 12.1. The largest absolute Gasteiger partial charge is 0.396 e. The molecule has 0 heterocycles. The van der Waals surface area contributed by atoms with Crippen LogP contribution in [0.4, 0.5) is 10.1 Å². The lowest BCUT2D eigenvalue weighted by Crippen LogP contribution is -2.26. The first-order valence-electron chi connectivity index (χ1n) is 4.08. The van der Waals surface area contributed by atoms with Crippen molar-refractivity contribution in [1.29, 1.82) is 0 Å². The summed E-state index contributed by atoms with van der Waals surface area (Å²) in [6.45, 7) is 0. The zero-order valence-electron chi connectivity index (χ0n) is 8.57. The number of rotatable bonds is 3. The van der Waals surface area contributed by atoms with Crippen LogP contribution in [0.5, 0.6) is 0 Å². The molecule has 0 aromatic heterocycles. The first-order chi connectivity index (χ1) is 7.30. The Morgan fingerprint density at radius 3 is 2.56 bits per heavy atom. The second-order valence-electron chi connectivity index (χ2n) is 2.90. The van der Waals surface area contributed by atoms with Gasteiger partial charge >= 0.3 is 0 Å². The topological polar surface area (TPSA) is 72.6 Å². The molecule has 0 spiro atoms. The molecule has 1 rings (SSSR count). The highest BCUT2D eigenvalue weighted by Gasteiger charge is 2.26. The van der Waals surface area contributed by atoms with Crippen molar-refractivity contribution in [2.24, 2.45) is 0 Å². The molecule has 0 fully saturated rings. The van der Waals surface area contributed by atoms with Gasteiger partial charge in [0.25, 0.3) is 10.0 Å². The van der Waals surface area contributed by atoms with Gasteiger partial charge in [-0.25, -0.2) is 12.8 Å². The summed E-state index contributed by atoms with van der Waals surface area (Å²) in [5.74, 6) is -1.05. The highest BCUT2D eigenvalue weighted by Crippen LogP contribution is 2.26. The lowest BCUT2D eigenvalue weighted by atomic mass is 10.3. The van der Waals surface area contributed by atoms with E-state index in [1.165, 1.54) is 0 Å². The molecule has 0 atom stereocenters. The zero-order chi connectivity index (χ0) is 12.5. The van der Waals surface area contributed by atoms with Crippen LogP contribution in [0, 0.1) is 5.82 Å². The van der Waals surface area contributed by atoms with Gasteiger partial charge in [-0.2, -0.15) is 0 Å². The van der Waals surface area contributed by atoms with E-state index < -0.39 is 20.7 Å². The average molecular weight is 269 g/mol. The lowest BCUT2D eigenvalue weighted by molar-refractivity contribution is -0.0260. The Hall–Kier alpha value is -0.890. The van der Waals surface area contributed by atoms with E-state index >= 15 is 0 Å². The Morgan fingerprint density at radius 2 is 2.06 bits per heavy atom. The first-order valence-corrected chi connectivity index (χ1v) is 5.90. The lowest BCUT2D eigenvalue weighted by Gasteiger charge is -2.15. The minimum absolute atomic E-state index is 0.0296. The fraction of sp³-hybridized carbons (Fsp3) is 0.250. The summed E-state index contributed by atoms with van der Waals surface area (Å²) in [5, 5.41) is 0.0296. The Balaban J connectivity index is 3.45. The van der Waals surface area contributed by atoms with Gasteiger partial charge in [0.05, 0.1) is 12.8 Å². The molecule has 1 aromatic rings. The molecule has 0 aliphatic heterocycles. The van der Waals surface area contributed by atoms with Crippen LogP contribution < -0.4 is 5.73 Å². The summed E-state index contributed by atoms with van der Waals surface area (Å²) in [6, 6.07) is 2.10. The third kappa shape index (κ3) is 2.27. The molecule has 2 N–H and O–H groups in total. The van der Waals surface area contributed by atoms with E-state index in [0.29, 0.717) is 4.47 Å². The molecule has 0 unspecified atom stereocenters. The van der Waals surface area contributed by atoms with Gasteiger partial charge in [0.1, 0.15) is 4.90 Å². The molecule has 0 saturated carbocycles. The average Bonchev–Trinajstić information content (AvgIpc) is 2.21. The molecule has 0 aliphatic carbocycles. The zero-order valence-corrected chi connectivity index (χ0v) is 10.1. The number of nitrogens with zero attached hydrogens (tertiary/aromatic N) is 1. The predicted octanol–water partition coefficient (Wildman–Crippen LogP) is 1.24. The third-order valence-corrected chi connectivity index (χ3v) is 3.80. The quantitative estimate of drug-likeness (QED) is 0.661. The van der Waals surface area contributed by atoms with Crippen molar-refractivity contribution in [2.75, 3.05) is 19.9 Å². The number of anilines is 1. The van der Waals surface area contributed by atoms with Gasteiger partial charge in [-0.3, -0.25) is 4.84 Å². The van der Waals surface area contributed by atoms with Crippen molar-refractivity contribution in [1.82, 2.24) is 4.47 Å². The number of nitrogen functional groups attached to an aromatic ring is 1. The highest BCUT2D eigenvalue weighted by atomic mass is 35.5. The molecular formula is C8H10ClFN2O3S. The van der Waals surface area contributed by atoms with Gasteiger partial charge in [0.15, 0.2) is 5.82 Å².